The summed E-state index contributed by atoms with van der Waals surface area (Å²) < 4.78 is 51.9. The minimum atomic E-state index is -4.52. The van der Waals surface area contributed by atoms with E-state index in [0.717, 1.165) is 6.07 Å². The maximum atomic E-state index is 13.0. The van der Waals surface area contributed by atoms with Crippen LogP contribution in [0.15, 0.2) is 51.8 Å². The molecule has 2 rings (SSSR count). The summed E-state index contributed by atoms with van der Waals surface area (Å²) in [6.07, 6.45) is -4.52. The van der Waals surface area contributed by atoms with Crippen LogP contribution in [-0.2, 0) is 22.7 Å². The molecule has 2 aromatic carbocycles. The molecule has 0 saturated carbocycles. The molecule has 112 valence electrons. The maximum absolute atomic E-state index is 13.0. The van der Waals surface area contributed by atoms with Gasteiger partial charge in [0.1, 0.15) is 0 Å². The Hall–Kier alpha value is -1.34. The largest absolute Gasteiger partial charge is 0.416 e. The molecule has 7 heteroatoms. The molecular weight excluding hydrogens is 367 g/mol. The highest BCUT2D eigenvalue weighted by Gasteiger charge is 2.33. The van der Waals surface area contributed by atoms with E-state index in [1.165, 1.54) is 12.1 Å². The molecule has 0 saturated heterocycles. The average molecular weight is 378 g/mol. The van der Waals surface area contributed by atoms with Crippen LogP contribution in [0.5, 0.6) is 0 Å². The number of halogens is 4. The van der Waals surface area contributed by atoms with Gasteiger partial charge in [-0.3, -0.25) is 4.21 Å². The second-order valence-electron chi connectivity index (χ2n) is 4.33. The van der Waals surface area contributed by atoms with E-state index >= 15 is 0 Å². The van der Waals surface area contributed by atoms with Crippen molar-refractivity contribution >= 4 is 32.4 Å². The van der Waals surface area contributed by atoms with Gasteiger partial charge in [0.15, 0.2) is 0 Å². The van der Waals surface area contributed by atoms with Gasteiger partial charge in [-0.25, -0.2) is 0 Å². The molecule has 0 aromatic heterocycles. The van der Waals surface area contributed by atoms with Crippen LogP contribution < -0.4 is 5.73 Å². The maximum Gasteiger partial charge on any atom is 0.416 e. The molecule has 0 bridgehead atoms. The van der Waals surface area contributed by atoms with Gasteiger partial charge in [0.25, 0.3) is 0 Å². The standard InChI is InChI=1S/C14H11BrF3NOS/c15-12-3-1-2-4-13(12)21(20)8-9-5-6-10(19)7-11(9)14(16,17)18/h1-7H,8,19H2. The average Bonchev–Trinajstić information content (AvgIpc) is 2.40. The topological polar surface area (TPSA) is 43.1 Å². The van der Waals surface area contributed by atoms with Crippen LogP contribution in [0.1, 0.15) is 11.1 Å². The molecule has 1 atom stereocenters. The number of benzene rings is 2. The fourth-order valence-corrected chi connectivity index (χ4v) is 3.86. The van der Waals surface area contributed by atoms with E-state index in [1.54, 1.807) is 24.3 Å². The normalized spacial score (nSPS) is 13.1. The first-order valence-electron chi connectivity index (χ1n) is 5.87. The van der Waals surface area contributed by atoms with Gasteiger partial charge in [-0.05, 0) is 45.8 Å². The van der Waals surface area contributed by atoms with Crippen LogP contribution in [0.3, 0.4) is 0 Å². The summed E-state index contributed by atoms with van der Waals surface area (Å²) in [6.45, 7) is 0. The lowest BCUT2D eigenvalue weighted by molar-refractivity contribution is -0.138. The Morgan fingerprint density at radius 2 is 1.81 bits per heavy atom. The van der Waals surface area contributed by atoms with Gasteiger partial charge in [0.05, 0.1) is 27.0 Å². The zero-order valence-electron chi connectivity index (χ0n) is 10.7. The summed E-state index contributed by atoms with van der Waals surface area (Å²) in [5, 5.41) is 0. The lowest BCUT2D eigenvalue weighted by Crippen LogP contribution is -2.11. The van der Waals surface area contributed by atoms with Crippen LogP contribution in [-0.4, -0.2) is 4.21 Å². The summed E-state index contributed by atoms with van der Waals surface area (Å²) >= 11 is 3.24. The van der Waals surface area contributed by atoms with Crippen molar-refractivity contribution in [3.05, 3.63) is 58.1 Å². The van der Waals surface area contributed by atoms with Crippen molar-refractivity contribution in [1.82, 2.24) is 0 Å². The molecule has 0 spiro atoms. The predicted octanol–water partition coefficient (Wildman–Crippen LogP) is 4.36. The quantitative estimate of drug-likeness (QED) is 0.807. The number of anilines is 1. The summed E-state index contributed by atoms with van der Waals surface area (Å²) in [5.41, 5.74) is 4.55. The molecule has 0 aliphatic rings. The first-order chi connectivity index (χ1) is 9.79. The van der Waals surface area contributed by atoms with E-state index in [2.05, 4.69) is 15.9 Å². The number of nitrogen functional groups attached to an aromatic ring is 1. The predicted molar refractivity (Wildman–Crippen MR) is 80.1 cm³/mol. The Bertz CT molecular complexity index is 688. The number of nitrogens with two attached hydrogens (primary N) is 1. The van der Waals surface area contributed by atoms with Gasteiger partial charge in [-0.15, -0.1) is 0 Å². The smallest absolute Gasteiger partial charge is 0.399 e. The first kappa shape index (κ1) is 16.0. The van der Waals surface area contributed by atoms with Gasteiger partial charge >= 0.3 is 6.18 Å². The van der Waals surface area contributed by atoms with Crippen LogP contribution in [0.25, 0.3) is 0 Å². The molecule has 2 N–H and O–H groups in total. The molecule has 2 nitrogen and oxygen atoms in total. The van der Waals surface area contributed by atoms with Crippen molar-refractivity contribution < 1.29 is 17.4 Å². The highest BCUT2D eigenvalue weighted by molar-refractivity contribution is 9.10. The van der Waals surface area contributed by atoms with E-state index in [4.69, 9.17) is 5.73 Å². The Kier molecular flexibility index (Phi) is 4.73. The molecule has 0 heterocycles. The number of alkyl halides is 3. The Balaban J connectivity index is 2.36. The minimum absolute atomic E-state index is 0.0257. The van der Waals surface area contributed by atoms with Crippen LogP contribution in [0.2, 0.25) is 0 Å². The third-order valence-corrected chi connectivity index (χ3v) is 5.18. The van der Waals surface area contributed by atoms with E-state index in [-0.39, 0.29) is 17.0 Å². The van der Waals surface area contributed by atoms with Crippen molar-refractivity contribution in [2.45, 2.75) is 16.8 Å². The van der Waals surface area contributed by atoms with Crippen molar-refractivity contribution in [3.8, 4) is 0 Å². The van der Waals surface area contributed by atoms with E-state index < -0.39 is 22.5 Å². The van der Waals surface area contributed by atoms with E-state index in [9.17, 15) is 17.4 Å². The third-order valence-electron chi connectivity index (χ3n) is 2.81. The van der Waals surface area contributed by atoms with Crippen molar-refractivity contribution in [3.63, 3.8) is 0 Å². The van der Waals surface area contributed by atoms with Gasteiger partial charge in [0, 0.05) is 10.2 Å². The molecule has 0 amide bonds. The zero-order chi connectivity index (χ0) is 15.6. The van der Waals surface area contributed by atoms with E-state index in [1.807, 2.05) is 0 Å². The van der Waals surface area contributed by atoms with Crippen molar-refractivity contribution in [1.29, 1.82) is 0 Å². The Labute approximate surface area is 130 Å². The molecule has 0 aliphatic carbocycles. The fourth-order valence-electron chi connectivity index (χ4n) is 1.83. The Morgan fingerprint density at radius 1 is 1.14 bits per heavy atom. The lowest BCUT2D eigenvalue weighted by atomic mass is 10.1. The number of hydrogen-bond donors (Lipinski definition) is 1. The molecule has 2 aromatic rings. The second-order valence-corrected chi connectivity index (χ2v) is 6.61. The molecule has 0 fully saturated rings. The van der Waals surface area contributed by atoms with Crippen LogP contribution in [0.4, 0.5) is 18.9 Å². The van der Waals surface area contributed by atoms with Crippen LogP contribution in [0, 0.1) is 0 Å². The summed E-state index contributed by atoms with van der Waals surface area (Å²) in [6, 6.07) is 10.3. The molecule has 1 unspecified atom stereocenters. The number of hydrogen-bond acceptors (Lipinski definition) is 2. The number of rotatable bonds is 3. The van der Waals surface area contributed by atoms with Gasteiger partial charge < -0.3 is 5.73 Å². The second kappa shape index (κ2) is 6.19. The first-order valence-corrected chi connectivity index (χ1v) is 7.98. The highest BCUT2D eigenvalue weighted by Crippen LogP contribution is 2.34. The SMILES string of the molecule is Nc1ccc(CS(=O)c2ccccc2Br)c(C(F)(F)F)c1. The summed E-state index contributed by atoms with van der Waals surface area (Å²) in [7, 11) is -1.59. The van der Waals surface area contributed by atoms with Crippen LogP contribution >= 0.6 is 15.9 Å². The molecular formula is C14H11BrF3NOS. The van der Waals surface area contributed by atoms with Crippen molar-refractivity contribution in [2.24, 2.45) is 0 Å². The van der Waals surface area contributed by atoms with Gasteiger partial charge in [0.2, 0.25) is 0 Å². The van der Waals surface area contributed by atoms with Gasteiger partial charge in [-0.2, -0.15) is 13.2 Å². The Morgan fingerprint density at radius 3 is 2.43 bits per heavy atom. The lowest BCUT2D eigenvalue weighted by Gasteiger charge is -2.13. The molecule has 21 heavy (non-hydrogen) atoms. The van der Waals surface area contributed by atoms with E-state index in [0.29, 0.717) is 9.37 Å². The molecule has 0 radical (unpaired) electrons. The third kappa shape index (κ3) is 3.85. The minimum Gasteiger partial charge on any atom is -0.399 e. The summed E-state index contributed by atoms with van der Waals surface area (Å²) in [5.74, 6) is -0.224. The molecule has 0 aliphatic heterocycles. The highest BCUT2D eigenvalue weighted by atomic mass is 79.9. The van der Waals surface area contributed by atoms with Gasteiger partial charge in [-0.1, -0.05) is 18.2 Å². The fraction of sp³-hybridized carbons (Fsp3) is 0.143. The summed E-state index contributed by atoms with van der Waals surface area (Å²) in [4.78, 5) is 0.461. The zero-order valence-corrected chi connectivity index (χ0v) is 13.1. The van der Waals surface area contributed by atoms with Crippen molar-refractivity contribution in [2.75, 3.05) is 5.73 Å². The monoisotopic (exact) mass is 377 g/mol.